The fourth-order valence-corrected chi connectivity index (χ4v) is 0.930. The SMILES string of the molecule is CC/N=C/c1cccc(/C=N/C)n1. The summed E-state index contributed by atoms with van der Waals surface area (Å²) >= 11 is 0. The van der Waals surface area contributed by atoms with Gasteiger partial charge in [-0.2, -0.15) is 0 Å². The summed E-state index contributed by atoms with van der Waals surface area (Å²) in [6.07, 6.45) is 3.50. The minimum Gasteiger partial charge on any atom is -0.294 e. The number of pyridine rings is 1. The molecule has 0 fully saturated rings. The second-order valence-corrected chi connectivity index (χ2v) is 2.50. The largest absolute Gasteiger partial charge is 0.294 e. The molecular weight excluding hydrogens is 162 g/mol. The fraction of sp³-hybridized carbons (Fsp3) is 0.300. The van der Waals surface area contributed by atoms with E-state index in [0.717, 1.165) is 17.9 Å². The van der Waals surface area contributed by atoms with Gasteiger partial charge in [0.15, 0.2) is 0 Å². The highest BCUT2D eigenvalue weighted by atomic mass is 14.8. The lowest BCUT2D eigenvalue weighted by Gasteiger charge is -1.93. The lowest BCUT2D eigenvalue weighted by atomic mass is 10.3. The number of hydrogen-bond acceptors (Lipinski definition) is 3. The van der Waals surface area contributed by atoms with Gasteiger partial charge in [-0.05, 0) is 19.1 Å². The van der Waals surface area contributed by atoms with Crippen molar-refractivity contribution in [3.8, 4) is 0 Å². The van der Waals surface area contributed by atoms with E-state index in [4.69, 9.17) is 0 Å². The lowest BCUT2D eigenvalue weighted by Crippen LogP contribution is -1.93. The molecule has 1 rings (SSSR count). The van der Waals surface area contributed by atoms with Crippen LogP contribution in [0, 0.1) is 0 Å². The molecule has 0 unspecified atom stereocenters. The van der Waals surface area contributed by atoms with E-state index in [2.05, 4.69) is 15.0 Å². The second kappa shape index (κ2) is 5.19. The van der Waals surface area contributed by atoms with Crippen LogP contribution in [-0.2, 0) is 0 Å². The van der Waals surface area contributed by atoms with Gasteiger partial charge in [-0.15, -0.1) is 0 Å². The van der Waals surface area contributed by atoms with Crippen molar-refractivity contribution in [3.63, 3.8) is 0 Å². The molecule has 3 heteroatoms. The molecule has 0 saturated heterocycles. The van der Waals surface area contributed by atoms with Gasteiger partial charge < -0.3 is 0 Å². The number of nitrogens with zero attached hydrogens (tertiary/aromatic N) is 3. The standard InChI is InChI=1S/C10H13N3/c1-3-12-8-10-6-4-5-9(13-10)7-11-2/h4-8H,3H2,1-2H3/b11-7+,12-8+. The number of aromatic nitrogens is 1. The summed E-state index contributed by atoms with van der Waals surface area (Å²) in [7, 11) is 1.73. The van der Waals surface area contributed by atoms with Crippen LogP contribution in [0.5, 0.6) is 0 Å². The Labute approximate surface area is 78.3 Å². The van der Waals surface area contributed by atoms with E-state index in [-0.39, 0.29) is 0 Å². The van der Waals surface area contributed by atoms with Crippen LogP contribution in [0.2, 0.25) is 0 Å². The zero-order valence-electron chi connectivity index (χ0n) is 7.94. The summed E-state index contributed by atoms with van der Waals surface area (Å²) in [5.74, 6) is 0. The van der Waals surface area contributed by atoms with E-state index in [1.165, 1.54) is 0 Å². The molecule has 1 aromatic rings. The number of hydrogen-bond donors (Lipinski definition) is 0. The molecule has 0 aromatic carbocycles. The van der Waals surface area contributed by atoms with Crippen LogP contribution >= 0.6 is 0 Å². The monoisotopic (exact) mass is 175 g/mol. The van der Waals surface area contributed by atoms with Gasteiger partial charge in [0.2, 0.25) is 0 Å². The van der Waals surface area contributed by atoms with Crippen molar-refractivity contribution in [1.29, 1.82) is 0 Å². The Morgan fingerprint density at radius 1 is 1.31 bits per heavy atom. The first-order valence-electron chi connectivity index (χ1n) is 4.26. The molecule has 3 nitrogen and oxygen atoms in total. The maximum atomic E-state index is 4.30. The van der Waals surface area contributed by atoms with Crippen LogP contribution < -0.4 is 0 Å². The van der Waals surface area contributed by atoms with Crippen molar-refractivity contribution in [3.05, 3.63) is 29.6 Å². The van der Waals surface area contributed by atoms with Crippen LogP contribution in [0.1, 0.15) is 18.3 Å². The summed E-state index contributed by atoms with van der Waals surface area (Å²) < 4.78 is 0. The first kappa shape index (κ1) is 9.58. The second-order valence-electron chi connectivity index (χ2n) is 2.50. The normalized spacial score (nSPS) is 11.5. The van der Waals surface area contributed by atoms with Crippen molar-refractivity contribution in [2.24, 2.45) is 9.98 Å². The van der Waals surface area contributed by atoms with Crippen molar-refractivity contribution in [2.45, 2.75) is 6.92 Å². The highest BCUT2D eigenvalue weighted by Gasteiger charge is 1.90. The smallest absolute Gasteiger partial charge is 0.0815 e. The molecule has 0 spiro atoms. The van der Waals surface area contributed by atoms with Gasteiger partial charge >= 0.3 is 0 Å². The first-order chi connectivity index (χ1) is 6.36. The van der Waals surface area contributed by atoms with Gasteiger partial charge in [-0.1, -0.05) is 6.07 Å². The van der Waals surface area contributed by atoms with Crippen LogP contribution in [0.3, 0.4) is 0 Å². The van der Waals surface area contributed by atoms with E-state index in [1.807, 2.05) is 25.1 Å². The summed E-state index contributed by atoms with van der Waals surface area (Å²) in [4.78, 5) is 12.3. The van der Waals surface area contributed by atoms with Gasteiger partial charge in [0.1, 0.15) is 0 Å². The van der Waals surface area contributed by atoms with Gasteiger partial charge in [0, 0.05) is 26.0 Å². The molecule has 0 saturated carbocycles. The molecule has 0 aliphatic carbocycles. The van der Waals surface area contributed by atoms with Crippen LogP contribution in [-0.4, -0.2) is 31.0 Å². The molecule has 1 aromatic heterocycles. The molecule has 0 bridgehead atoms. The van der Waals surface area contributed by atoms with Gasteiger partial charge in [0.25, 0.3) is 0 Å². The van der Waals surface area contributed by atoms with E-state index >= 15 is 0 Å². The van der Waals surface area contributed by atoms with Gasteiger partial charge in [0.05, 0.1) is 11.4 Å². The minimum absolute atomic E-state index is 0.785. The zero-order chi connectivity index (χ0) is 9.52. The average Bonchev–Trinajstić information content (AvgIpc) is 2.16. The highest BCUT2D eigenvalue weighted by Crippen LogP contribution is 1.94. The Bertz CT molecular complexity index is 316. The molecule has 68 valence electrons. The maximum Gasteiger partial charge on any atom is 0.0815 e. The Hall–Kier alpha value is -1.51. The molecule has 0 N–H and O–H groups in total. The average molecular weight is 175 g/mol. The molecular formula is C10H13N3. The van der Waals surface area contributed by atoms with Crippen LogP contribution in [0.15, 0.2) is 28.2 Å². The Kier molecular flexibility index (Phi) is 3.82. The van der Waals surface area contributed by atoms with Crippen molar-refractivity contribution in [2.75, 3.05) is 13.6 Å². The summed E-state index contributed by atoms with van der Waals surface area (Å²) in [6, 6.07) is 5.78. The Morgan fingerprint density at radius 3 is 2.62 bits per heavy atom. The summed E-state index contributed by atoms with van der Waals surface area (Å²) in [5.41, 5.74) is 1.74. The molecule has 0 aliphatic heterocycles. The quantitative estimate of drug-likeness (QED) is 0.642. The summed E-state index contributed by atoms with van der Waals surface area (Å²) in [5, 5.41) is 0. The zero-order valence-corrected chi connectivity index (χ0v) is 7.94. The third-order valence-electron chi connectivity index (χ3n) is 1.46. The van der Waals surface area contributed by atoms with Crippen molar-refractivity contribution >= 4 is 12.4 Å². The number of rotatable bonds is 3. The van der Waals surface area contributed by atoms with E-state index < -0.39 is 0 Å². The predicted octanol–water partition coefficient (Wildman–Crippen LogP) is 1.57. The van der Waals surface area contributed by atoms with Crippen molar-refractivity contribution < 1.29 is 0 Å². The summed E-state index contributed by atoms with van der Waals surface area (Å²) in [6.45, 7) is 2.78. The van der Waals surface area contributed by atoms with E-state index in [9.17, 15) is 0 Å². The number of aliphatic imine (C=N–C) groups is 2. The molecule has 0 atom stereocenters. The van der Waals surface area contributed by atoms with Crippen molar-refractivity contribution in [1.82, 2.24) is 4.98 Å². The topological polar surface area (TPSA) is 37.6 Å². The third-order valence-corrected chi connectivity index (χ3v) is 1.46. The predicted molar refractivity (Wildman–Crippen MR) is 55.9 cm³/mol. The molecule has 0 radical (unpaired) electrons. The first-order valence-corrected chi connectivity index (χ1v) is 4.26. The fourth-order valence-electron chi connectivity index (χ4n) is 0.930. The maximum absolute atomic E-state index is 4.30. The molecule has 1 heterocycles. The van der Waals surface area contributed by atoms with E-state index in [0.29, 0.717) is 0 Å². The van der Waals surface area contributed by atoms with E-state index in [1.54, 1.807) is 19.5 Å². The molecule has 13 heavy (non-hydrogen) atoms. The van der Waals surface area contributed by atoms with Crippen LogP contribution in [0.25, 0.3) is 0 Å². The van der Waals surface area contributed by atoms with Crippen LogP contribution in [0.4, 0.5) is 0 Å². The van der Waals surface area contributed by atoms with Gasteiger partial charge in [-0.25, -0.2) is 4.98 Å². The minimum atomic E-state index is 0.785. The molecule has 0 aliphatic rings. The van der Waals surface area contributed by atoms with Gasteiger partial charge in [-0.3, -0.25) is 9.98 Å². The highest BCUT2D eigenvalue weighted by molar-refractivity contribution is 5.81. The Balaban J connectivity index is 2.85. The Morgan fingerprint density at radius 2 is 2.00 bits per heavy atom. The lowest BCUT2D eigenvalue weighted by molar-refractivity contribution is 1.13. The third kappa shape index (κ3) is 3.15. The molecule has 0 amide bonds.